The SMILES string of the molecule is COc1cccc2c1CC(NCCCc1c[nH]c3ccc(F)cc13)CC2. The van der Waals surface area contributed by atoms with Gasteiger partial charge in [-0.25, -0.2) is 4.39 Å². The van der Waals surface area contributed by atoms with Gasteiger partial charge in [0.05, 0.1) is 7.11 Å². The van der Waals surface area contributed by atoms with Gasteiger partial charge in [0, 0.05) is 23.1 Å². The van der Waals surface area contributed by atoms with Gasteiger partial charge in [-0.15, -0.1) is 0 Å². The summed E-state index contributed by atoms with van der Waals surface area (Å²) in [6.45, 7) is 0.969. The molecule has 0 bridgehead atoms. The molecular formula is C22H25FN2O. The van der Waals surface area contributed by atoms with Crippen LogP contribution in [0.25, 0.3) is 10.9 Å². The molecule has 0 aliphatic heterocycles. The van der Waals surface area contributed by atoms with Crippen LogP contribution in [0.4, 0.5) is 4.39 Å². The first-order valence-electron chi connectivity index (χ1n) is 9.38. The Bertz CT molecular complexity index is 888. The van der Waals surface area contributed by atoms with E-state index in [0.29, 0.717) is 6.04 Å². The molecule has 1 aromatic heterocycles. The summed E-state index contributed by atoms with van der Waals surface area (Å²) in [6.07, 6.45) is 7.29. The Hall–Kier alpha value is -2.33. The normalized spacial score (nSPS) is 16.6. The molecule has 3 nitrogen and oxygen atoms in total. The van der Waals surface area contributed by atoms with Gasteiger partial charge in [0.2, 0.25) is 0 Å². The van der Waals surface area contributed by atoms with E-state index in [1.54, 1.807) is 19.2 Å². The minimum Gasteiger partial charge on any atom is -0.496 e. The molecule has 26 heavy (non-hydrogen) atoms. The van der Waals surface area contributed by atoms with Crippen LogP contribution >= 0.6 is 0 Å². The highest BCUT2D eigenvalue weighted by molar-refractivity contribution is 5.83. The summed E-state index contributed by atoms with van der Waals surface area (Å²) in [5.41, 5.74) is 4.97. The molecule has 136 valence electrons. The van der Waals surface area contributed by atoms with Crippen molar-refractivity contribution in [3.63, 3.8) is 0 Å². The molecule has 3 aromatic rings. The molecule has 0 saturated heterocycles. The van der Waals surface area contributed by atoms with Crippen molar-refractivity contribution in [3.8, 4) is 5.75 Å². The van der Waals surface area contributed by atoms with E-state index in [4.69, 9.17) is 4.74 Å². The van der Waals surface area contributed by atoms with Gasteiger partial charge in [-0.3, -0.25) is 0 Å². The molecule has 1 atom stereocenters. The predicted octanol–water partition coefficient (Wildman–Crippen LogP) is 4.40. The van der Waals surface area contributed by atoms with Crippen molar-refractivity contribution in [2.24, 2.45) is 0 Å². The van der Waals surface area contributed by atoms with E-state index in [2.05, 4.69) is 28.5 Å². The van der Waals surface area contributed by atoms with E-state index in [0.717, 1.165) is 48.9 Å². The van der Waals surface area contributed by atoms with Crippen molar-refractivity contribution in [1.82, 2.24) is 10.3 Å². The van der Waals surface area contributed by atoms with E-state index in [-0.39, 0.29) is 5.82 Å². The number of nitrogens with one attached hydrogen (secondary N) is 2. The third kappa shape index (κ3) is 3.47. The molecule has 0 amide bonds. The number of hydrogen-bond donors (Lipinski definition) is 2. The van der Waals surface area contributed by atoms with Crippen LogP contribution < -0.4 is 10.1 Å². The Labute approximate surface area is 153 Å². The van der Waals surface area contributed by atoms with Crippen LogP contribution in [0.15, 0.2) is 42.6 Å². The van der Waals surface area contributed by atoms with E-state index >= 15 is 0 Å². The Balaban J connectivity index is 1.32. The number of halogens is 1. The number of hydrogen-bond acceptors (Lipinski definition) is 2. The molecule has 0 saturated carbocycles. The minimum absolute atomic E-state index is 0.175. The molecule has 1 aliphatic carbocycles. The highest BCUT2D eigenvalue weighted by Crippen LogP contribution is 2.29. The molecule has 4 rings (SSSR count). The second kappa shape index (κ2) is 7.50. The summed E-state index contributed by atoms with van der Waals surface area (Å²) in [5.74, 6) is 0.834. The van der Waals surface area contributed by atoms with Crippen molar-refractivity contribution < 1.29 is 9.13 Å². The summed E-state index contributed by atoms with van der Waals surface area (Å²) >= 11 is 0. The maximum absolute atomic E-state index is 13.5. The summed E-state index contributed by atoms with van der Waals surface area (Å²) in [4.78, 5) is 3.23. The van der Waals surface area contributed by atoms with Crippen molar-refractivity contribution in [2.45, 2.75) is 38.1 Å². The zero-order valence-corrected chi connectivity index (χ0v) is 15.1. The maximum Gasteiger partial charge on any atom is 0.123 e. The number of ether oxygens (including phenoxy) is 1. The van der Waals surface area contributed by atoms with Crippen LogP contribution in [0.3, 0.4) is 0 Å². The molecule has 1 unspecified atom stereocenters. The standard InChI is InChI=1S/C22H25FN2O/c1-26-22-6-2-4-15-7-9-18(13-20(15)22)24-11-3-5-16-14-25-21-10-8-17(23)12-19(16)21/h2,4,6,8,10,12,14,18,24-25H,3,5,7,9,11,13H2,1H3. The number of H-pyrrole nitrogens is 1. The number of methoxy groups -OCH3 is 1. The van der Waals surface area contributed by atoms with E-state index < -0.39 is 0 Å². The summed E-state index contributed by atoms with van der Waals surface area (Å²) in [6, 6.07) is 11.8. The maximum atomic E-state index is 13.5. The molecule has 2 aromatic carbocycles. The van der Waals surface area contributed by atoms with Gasteiger partial charge in [0.25, 0.3) is 0 Å². The fourth-order valence-electron chi connectivity index (χ4n) is 4.06. The van der Waals surface area contributed by atoms with Gasteiger partial charge >= 0.3 is 0 Å². The highest BCUT2D eigenvalue weighted by atomic mass is 19.1. The van der Waals surface area contributed by atoms with E-state index in [9.17, 15) is 4.39 Å². The summed E-state index contributed by atoms with van der Waals surface area (Å²) in [7, 11) is 1.75. The third-order valence-corrected chi connectivity index (χ3v) is 5.45. The largest absolute Gasteiger partial charge is 0.496 e. The molecule has 1 heterocycles. The van der Waals surface area contributed by atoms with Gasteiger partial charge < -0.3 is 15.0 Å². The van der Waals surface area contributed by atoms with Crippen molar-refractivity contribution in [2.75, 3.05) is 13.7 Å². The first kappa shape index (κ1) is 17.1. The zero-order chi connectivity index (χ0) is 17.9. The van der Waals surface area contributed by atoms with Crippen molar-refractivity contribution in [3.05, 3.63) is 65.1 Å². The minimum atomic E-state index is -0.175. The fourth-order valence-corrected chi connectivity index (χ4v) is 4.06. The van der Waals surface area contributed by atoms with E-state index in [1.165, 1.54) is 29.2 Å². The van der Waals surface area contributed by atoms with Crippen molar-refractivity contribution in [1.29, 1.82) is 0 Å². The zero-order valence-electron chi connectivity index (χ0n) is 15.1. The Morgan fingerprint density at radius 3 is 3.08 bits per heavy atom. The number of fused-ring (bicyclic) bond motifs is 2. The Morgan fingerprint density at radius 2 is 2.19 bits per heavy atom. The topological polar surface area (TPSA) is 37.0 Å². The van der Waals surface area contributed by atoms with Crippen LogP contribution in [0.2, 0.25) is 0 Å². The Kier molecular flexibility index (Phi) is 4.93. The summed E-state index contributed by atoms with van der Waals surface area (Å²) in [5, 5.41) is 4.70. The molecular weight excluding hydrogens is 327 g/mol. The van der Waals surface area contributed by atoms with Crippen LogP contribution in [0, 0.1) is 5.82 Å². The molecule has 0 radical (unpaired) electrons. The lowest BCUT2D eigenvalue weighted by molar-refractivity contribution is 0.393. The molecule has 0 fully saturated rings. The van der Waals surface area contributed by atoms with Gasteiger partial charge in [0.15, 0.2) is 0 Å². The number of aryl methyl sites for hydroxylation is 2. The first-order chi connectivity index (χ1) is 12.7. The lowest BCUT2D eigenvalue weighted by Gasteiger charge is -2.27. The fraction of sp³-hybridized carbons (Fsp3) is 0.364. The van der Waals surface area contributed by atoms with Crippen LogP contribution in [-0.2, 0) is 19.3 Å². The van der Waals surface area contributed by atoms with Gasteiger partial charge in [-0.2, -0.15) is 0 Å². The van der Waals surface area contributed by atoms with Crippen LogP contribution in [-0.4, -0.2) is 24.7 Å². The molecule has 4 heteroatoms. The predicted molar refractivity (Wildman–Crippen MR) is 103 cm³/mol. The second-order valence-corrected chi connectivity index (χ2v) is 7.10. The number of rotatable bonds is 6. The van der Waals surface area contributed by atoms with Crippen LogP contribution in [0.5, 0.6) is 5.75 Å². The number of benzene rings is 2. The Morgan fingerprint density at radius 1 is 1.27 bits per heavy atom. The lowest BCUT2D eigenvalue weighted by Crippen LogP contribution is -2.35. The van der Waals surface area contributed by atoms with Gasteiger partial charge in [0.1, 0.15) is 11.6 Å². The average Bonchev–Trinajstić information content (AvgIpc) is 3.06. The molecule has 0 spiro atoms. The quantitative estimate of drug-likeness (QED) is 0.646. The second-order valence-electron chi connectivity index (χ2n) is 7.10. The monoisotopic (exact) mass is 352 g/mol. The number of aromatic nitrogens is 1. The average molecular weight is 352 g/mol. The van der Waals surface area contributed by atoms with Gasteiger partial charge in [-0.1, -0.05) is 12.1 Å². The molecule has 1 aliphatic rings. The first-order valence-corrected chi connectivity index (χ1v) is 9.38. The lowest BCUT2D eigenvalue weighted by atomic mass is 9.87. The summed E-state index contributed by atoms with van der Waals surface area (Å²) < 4.78 is 19.0. The van der Waals surface area contributed by atoms with Crippen molar-refractivity contribution >= 4 is 10.9 Å². The highest BCUT2D eigenvalue weighted by Gasteiger charge is 2.20. The molecule has 2 N–H and O–H groups in total. The smallest absolute Gasteiger partial charge is 0.123 e. The third-order valence-electron chi connectivity index (χ3n) is 5.45. The van der Waals surface area contributed by atoms with E-state index in [1.807, 2.05) is 6.20 Å². The number of aromatic amines is 1. The van der Waals surface area contributed by atoms with Crippen LogP contribution in [0.1, 0.15) is 29.5 Å². The van der Waals surface area contributed by atoms with Gasteiger partial charge in [-0.05, 0) is 79.6 Å².